The molecule has 2 heterocycles. The van der Waals surface area contributed by atoms with E-state index in [0.717, 1.165) is 37.7 Å². The maximum atomic E-state index is 13.0. The lowest BCUT2D eigenvalue weighted by Gasteiger charge is -2.36. The van der Waals surface area contributed by atoms with Gasteiger partial charge in [-0.1, -0.05) is 6.07 Å². The Hall–Kier alpha value is -2.10. The minimum atomic E-state index is -0.210. The minimum absolute atomic E-state index is 0. The highest BCUT2D eigenvalue weighted by atomic mass is 127. The molecule has 1 aliphatic heterocycles. The summed E-state index contributed by atoms with van der Waals surface area (Å²) in [6.45, 7) is 4.58. The smallest absolute Gasteiger partial charge is 0.191 e. The average molecular weight is 470 g/mol. The maximum Gasteiger partial charge on any atom is 0.191 e. The summed E-state index contributed by atoms with van der Waals surface area (Å²) < 4.78 is 13.0. The second-order valence-electron chi connectivity index (χ2n) is 5.83. The minimum Gasteiger partial charge on any atom is -0.370 e. The number of anilines is 2. The van der Waals surface area contributed by atoms with Gasteiger partial charge < -0.3 is 20.9 Å². The Kier molecular flexibility index (Phi) is 7.89. The number of hydrogen-bond acceptors (Lipinski definition) is 4. The van der Waals surface area contributed by atoms with E-state index in [-0.39, 0.29) is 29.8 Å². The number of nitrogens with two attached hydrogens (primary N) is 1. The number of nitrogens with one attached hydrogen (secondary N) is 1. The van der Waals surface area contributed by atoms with Crippen LogP contribution in [-0.4, -0.2) is 55.1 Å². The number of hydrogen-bond donors (Lipinski definition) is 2. The van der Waals surface area contributed by atoms with E-state index in [1.807, 2.05) is 30.3 Å². The summed E-state index contributed by atoms with van der Waals surface area (Å²) in [5.41, 5.74) is 7.13. The van der Waals surface area contributed by atoms with Gasteiger partial charge in [-0.15, -0.1) is 24.0 Å². The SMILES string of the molecule is I.NC(=NCCNc1ccccn1)N1CCN(c2ccc(F)cc2)CC1. The summed E-state index contributed by atoms with van der Waals surface area (Å²) in [4.78, 5) is 12.9. The summed E-state index contributed by atoms with van der Waals surface area (Å²) in [6, 6.07) is 12.3. The van der Waals surface area contributed by atoms with Crippen molar-refractivity contribution in [2.24, 2.45) is 10.7 Å². The predicted molar refractivity (Wildman–Crippen MR) is 115 cm³/mol. The van der Waals surface area contributed by atoms with Crippen LogP contribution in [0, 0.1) is 5.82 Å². The lowest BCUT2D eigenvalue weighted by molar-refractivity contribution is 0.381. The first-order valence-electron chi connectivity index (χ1n) is 8.43. The summed E-state index contributed by atoms with van der Waals surface area (Å²) in [6.07, 6.45) is 1.75. The molecule has 0 unspecified atom stereocenters. The first-order chi connectivity index (χ1) is 12.2. The molecule has 3 rings (SSSR count). The van der Waals surface area contributed by atoms with Crippen molar-refractivity contribution in [3.8, 4) is 0 Å². The highest BCUT2D eigenvalue weighted by molar-refractivity contribution is 14.0. The molecule has 3 N–H and O–H groups in total. The number of piperazine rings is 1. The van der Waals surface area contributed by atoms with E-state index in [1.165, 1.54) is 12.1 Å². The van der Waals surface area contributed by atoms with Crippen LogP contribution in [0.1, 0.15) is 0 Å². The van der Waals surface area contributed by atoms with Crippen LogP contribution in [0.3, 0.4) is 0 Å². The number of rotatable bonds is 5. The Bertz CT molecular complexity index is 687. The molecular formula is C18H24FIN6. The van der Waals surface area contributed by atoms with Gasteiger partial charge in [-0.05, 0) is 36.4 Å². The summed E-state index contributed by atoms with van der Waals surface area (Å²) >= 11 is 0. The van der Waals surface area contributed by atoms with Gasteiger partial charge in [-0.25, -0.2) is 9.37 Å². The Morgan fingerprint density at radius 3 is 2.50 bits per heavy atom. The molecule has 140 valence electrons. The first-order valence-corrected chi connectivity index (χ1v) is 8.43. The molecule has 0 radical (unpaired) electrons. The molecular weight excluding hydrogens is 446 g/mol. The molecule has 1 fully saturated rings. The van der Waals surface area contributed by atoms with Crippen molar-refractivity contribution in [3.63, 3.8) is 0 Å². The van der Waals surface area contributed by atoms with E-state index in [4.69, 9.17) is 5.73 Å². The van der Waals surface area contributed by atoms with Crippen molar-refractivity contribution in [2.45, 2.75) is 0 Å². The van der Waals surface area contributed by atoms with E-state index in [0.29, 0.717) is 19.0 Å². The fourth-order valence-corrected chi connectivity index (χ4v) is 2.77. The molecule has 0 amide bonds. The second kappa shape index (κ2) is 10.1. The predicted octanol–water partition coefficient (Wildman–Crippen LogP) is 2.39. The summed E-state index contributed by atoms with van der Waals surface area (Å²) in [5.74, 6) is 1.20. The maximum absolute atomic E-state index is 13.0. The lowest BCUT2D eigenvalue weighted by atomic mass is 10.2. The molecule has 26 heavy (non-hydrogen) atoms. The zero-order valence-corrected chi connectivity index (χ0v) is 16.8. The van der Waals surface area contributed by atoms with Crippen LogP contribution in [0.25, 0.3) is 0 Å². The molecule has 0 saturated carbocycles. The molecule has 0 spiro atoms. The zero-order valence-electron chi connectivity index (χ0n) is 14.5. The van der Waals surface area contributed by atoms with Gasteiger partial charge in [-0.2, -0.15) is 0 Å². The lowest BCUT2D eigenvalue weighted by Crippen LogP contribution is -2.51. The third kappa shape index (κ3) is 5.72. The summed E-state index contributed by atoms with van der Waals surface area (Å²) in [5, 5.41) is 3.20. The quantitative estimate of drug-likeness (QED) is 0.304. The monoisotopic (exact) mass is 470 g/mol. The van der Waals surface area contributed by atoms with Crippen LogP contribution in [0.15, 0.2) is 53.7 Å². The van der Waals surface area contributed by atoms with Crippen molar-refractivity contribution in [1.29, 1.82) is 0 Å². The number of nitrogens with zero attached hydrogens (tertiary/aromatic N) is 4. The molecule has 1 aromatic heterocycles. The van der Waals surface area contributed by atoms with Gasteiger partial charge in [-0.3, -0.25) is 4.99 Å². The first kappa shape index (κ1) is 20.2. The molecule has 1 saturated heterocycles. The van der Waals surface area contributed by atoms with E-state index in [1.54, 1.807) is 6.20 Å². The summed E-state index contributed by atoms with van der Waals surface area (Å²) in [7, 11) is 0. The third-order valence-corrected chi connectivity index (χ3v) is 4.15. The van der Waals surface area contributed by atoms with E-state index >= 15 is 0 Å². The van der Waals surface area contributed by atoms with Gasteiger partial charge in [0.15, 0.2) is 5.96 Å². The Morgan fingerprint density at radius 1 is 1.12 bits per heavy atom. The van der Waals surface area contributed by atoms with Gasteiger partial charge in [0, 0.05) is 44.6 Å². The number of benzene rings is 1. The largest absolute Gasteiger partial charge is 0.370 e. The molecule has 0 bridgehead atoms. The Balaban J connectivity index is 0.00000243. The van der Waals surface area contributed by atoms with Crippen molar-refractivity contribution >= 4 is 41.4 Å². The van der Waals surface area contributed by atoms with Crippen LogP contribution in [-0.2, 0) is 0 Å². The highest BCUT2D eigenvalue weighted by Gasteiger charge is 2.18. The van der Waals surface area contributed by atoms with Crippen molar-refractivity contribution in [3.05, 3.63) is 54.5 Å². The van der Waals surface area contributed by atoms with Crippen LogP contribution < -0.4 is 16.0 Å². The average Bonchev–Trinajstić information content (AvgIpc) is 2.67. The highest BCUT2D eigenvalue weighted by Crippen LogP contribution is 2.16. The number of aromatic nitrogens is 1. The van der Waals surface area contributed by atoms with Crippen LogP contribution >= 0.6 is 24.0 Å². The number of pyridine rings is 1. The number of halogens is 2. The standard InChI is InChI=1S/C18H23FN6.HI/c19-15-4-6-16(7-5-15)24-11-13-25(14-12-24)18(20)23-10-9-22-17-3-1-2-8-21-17;/h1-8H,9-14H2,(H2,20,23)(H,21,22);1H. The van der Waals surface area contributed by atoms with E-state index in [2.05, 4.69) is 25.1 Å². The Morgan fingerprint density at radius 2 is 1.85 bits per heavy atom. The second-order valence-corrected chi connectivity index (χ2v) is 5.83. The zero-order chi connectivity index (χ0) is 17.5. The third-order valence-electron chi connectivity index (χ3n) is 4.15. The Labute approximate surface area is 170 Å². The fourth-order valence-electron chi connectivity index (χ4n) is 2.77. The van der Waals surface area contributed by atoms with Gasteiger partial charge in [0.25, 0.3) is 0 Å². The topological polar surface area (TPSA) is 69.8 Å². The molecule has 8 heteroatoms. The molecule has 6 nitrogen and oxygen atoms in total. The van der Waals surface area contributed by atoms with Crippen molar-refractivity contribution in [2.75, 3.05) is 49.5 Å². The van der Waals surface area contributed by atoms with Crippen LogP contribution in [0.2, 0.25) is 0 Å². The van der Waals surface area contributed by atoms with Gasteiger partial charge in [0.05, 0.1) is 6.54 Å². The number of aliphatic imine (C=N–C) groups is 1. The molecule has 0 aliphatic carbocycles. The molecule has 1 aromatic carbocycles. The number of guanidine groups is 1. The fraction of sp³-hybridized carbons (Fsp3) is 0.333. The normalized spacial score (nSPS) is 14.7. The van der Waals surface area contributed by atoms with Crippen molar-refractivity contribution < 1.29 is 4.39 Å². The van der Waals surface area contributed by atoms with Gasteiger partial charge in [0.1, 0.15) is 11.6 Å². The molecule has 1 aliphatic rings. The van der Waals surface area contributed by atoms with E-state index in [9.17, 15) is 4.39 Å². The molecule has 2 aromatic rings. The van der Waals surface area contributed by atoms with Crippen molar-refractivity contribution in [1.82, 2.24) is 9.88 Å². The van der Waals surface area contributed by atoms with Crippen LogP contribution in [0.5, 0.6) is 0 Å². The van der Waals surface area contributed by atoms with Gasteiger partial charge >= 0.3 is 0 Å². The van der Waals surface area contributed by atoms with Crippen LogP contribution in [0.4, 0.5) is 15.9 Å². The van der Waals surface area contributed by atoms with Gasteiger partial charge in [0.2, 0.25) is 0 Å². The molecule has 0 atom stereocenters. The van der Waals surface area contributed by atoms with E-state index < -0.39 is 0 Å².